The quantitative estimate of drug-likeness (QED) is 0.483. The third-order valence-corrected chi connectivity index (χ3v) is 2.33. The second-order valence-corrected chi connectivity index (χ2v) is 3.76. The molecule has 0 radical (unpaired) electrons. The van der Waals surface area contributed by atoms with Crippen molar-refractivity contribution in [3.8, 4) is 12.3 Å². The summed E-state index contributed by atoms with van der Waals surface area (Å²) in [6.45, 7) is 0.195. The molecule has 0 saturated heterocycles. The van der Waals surface area contributed by atoms with Gasteiger partial charge in [0.2, 0.25) is 0 Å². The molecule has 4 N–H and O–H groups in total. The highest BCUT2D eigenvalue weighted by Crippen LogP contribution is 2.15. The van der Waals surface area contributed by atoms with E-state index in [2.05, 4.69) is 26.5 Å². The van der Waals surface area contributed by atoms with Crippen LogP contribution in [0, 0.1) is 17.1 Å². The Hall–Kier alpha value is -2.26. The molecule has 2 amide bonds. The fraction of sp³-hybridized carbons (Fsp3) is 0.0909. The number of nitrogens with one attached hydrogen (secondary N) is 4. The summed E-state index contributed by atoms with van der Waals surface area (Å²) in [5.41, 5.74) is 2.40. The summed E-state index contributed by atoms with van der Waals surface area (Å²) in [6, 6.07) is 5.06. The molecule has 1 heterocycles. The lowest BCUT2D eigenvalue weighted by atomic mass is 10.3. The van der Waals surface area contributed by atoms with Crippen LogP contribution in [0.15, 0.2) is 18.2 Å². The van der Waals surface area contributed by atoms with Crippen LogP contribution >= 0.6 is 12.2 Å². The minimum absolute atomic E-state index is 0.195. The number of rotatable bonds is 2. The molecule has 6 heteroatoms. The Morgan fingerprint density at radius 2 is 2.18 bits per heavy atom. The van der Waals surface area contributed by atoms with E-state index in [1.54, 1.807) is 12.1 Å². The van der Waals surface area contributed by atoms with Crippen LogP contribution in [0.4, 0.5) is 10.5 Å². The first-order valence-corrected chi connectivity index (χ1v) is 5.30. The van der Waals surface area contributed by atoms with E-state index in [9.17, 15) is 4.79 Å². The van der Waals surface area contributed by atoms with Crippen molar-refractivity contribution in [2.75, 3.05) is 11.9 Å². The van der Waals surface area contributed by atoms with Crippen LogP contribution in [0.3, 0.4) is 0 Å². The SMILES string of the molecule is C#CCNC(=O)Nc1ccc2[nH]c(=S)[nH]c2c1. The molecule has 0 aliphatic rings. The van der Waals surface area contributed by atoms with E-state index < -0.39 is 0 Å². The second-order valence-electron chi connectivity index (χ2n) is 3.35. The van der Waals surface area contributed by atoms with Gasteiger partial charge in [0.1, 0.15) is 0 Å². The number of H-pyrrole nitrogens is 2. The number of anilines is 1. The number of aromatic nitrogens is 2. The van der Waals surface area contributed by atoms with Crippen LogP contribution < -0.4 is 10.6 Å². The molecule has 1 aromatic carbocycles. The normalized spacial score (nSPS) is 9.82. The van der Waals surface area contributed by atoms with E-state index in [4.69, 9.17) is 18.6 Å². The first kappa shape index (κ1) is 11.2. The van der Waals surface area contributed by atoms with E-state index in [0.717, 1.165) is 11.0 Å². The van der Waals surface area contributed by atoms with Crippen molar-refractivity contribution in [3.05, 3.63) is 23.0 Å². The van der Waals surface area contributed by atoms with Crippen LogP contribution in [0.5, 0.6) is 0 Å². The fourth-order valence-corrected chi connectivity index (χ4v) is 1.64. The Morgan fingerprint density at radius 3 is 2.94 bits per heavy atom. The number of carbonyl (C=O) groups excluding carboxylic acids is 1. The predicted molar refractivity (Wildman–Crippen MR) is 69.3 cm³/mol. The molecule has 86 valence electrons. The number of benzene rings is 1. The van der Waals surface area contributed by atoms with Gasteiger partial charge in [-0.3, -0.25) is 0 Å². The van der Waals surface area contributed by atoms with Gasteiger partial charge in [-0.15, -0.1) is 6.42 Å². The lowest BCUT2D eigenvalue weighted by Gasteiger charge is -2.04. The second kappa shape index (κ2) is 4.72. The van der Waals surface area contributed by atoms with E-state index >= 15 is 0 Å². The summed E-state index contributed by atoms with van der Waals surface area (Å²) >= 11 is 4.97. The fourth-order valence-electron chi connectivity index (χ4n) is 1.42. The van der Waals surface area contributed by atoms with Gasteiger partial charge in [-0.2, -0.15) is 0 Å². The molecule has 2 aromatic rings. The molecule has 0 bridgehead atoms. The lowest BCUT2D eigenvalue weighted by molar-refractivity contribution is 0.253. The van der Waals surface area contributed by atoms with Crippen LogP contribution in [0.25, 0.3) is 11.0 Å². The van der Waals surface area contributed by atoms with E-state index in [1.807, 2.05) is 6.07 Å². The van der Waals surface area contributed by atoms with E-state index in [0.29, 0.717) is 10.5 Å². The van der Waals surface area contributed by atoms with Crippen molar-refractivity contribution in [1.29, 1.82) is 0 Å². The molecular weight excluding hydrogens is 236 g/mol. The molecule has 5 nitrogen and oxygen atoms in total. The van der Waals surface area contributed by atoms with Gasteiger partial charge in [0.15, 0.2) is 4.77 Å². The summed E-state index contributed by atoms with van der Waals surface area (Å²) in [6.07, 6.45) is 5.03. The number of aromatic amines is 2. The maximum Gasteiger partial charge on any atom is 0.319 e. The average molecular weight is 246 g/mol. The van der Waals surface area contributed by atoms with Gasteiger partial charge < -0.3 is 20.6 Å². The molecule has 0 fully saturated rings. The number of hydrogen-bond acceptors (Lipinski definition) is 2. The Morgan fingerprint density at radius 1 is 1.41 bits per heavy atom. The van der Waals surface area contributed by atoms with Crippen molar-refractivity contribution in [1.82, 2.24) is 15.3 Å². The van der Waals surface area contributed by atoms with Gasteiger partial charge in [-0.05, 0) is 30.4 Å². The summed E-state index contributed by atoms with van der Waals surface area (Å²) in [7, 11) is 0. The molecule has 1 aromatic heterocycles. The van der Waals surface area contributed by atoms with Crippen LogP contribution in [-0.4, -0.2) is 22.5 Å². The van der Waals surface area contributed by atoms with Gasteiger partial charge in [-0.1, -0.05) is 5.92 Å². The van der Waals surface area contributed by atoms with Gasteiger partial charge in [0, 0.05) is 5.69 Å². The first-order valence-electron chi connectivity index (χ1n) is 4.89. The summed E-state index contributed by atoms with van der Waals surface area (Å²) < 4.78 is 0.550. The number of urea groups is 1. The Kier molecular flexibility index (Phi) is 3.12. The van der Waals surface area contributed by atoms with Crippen molar-refractivity contribution < 1.29 is 4.79 Å². The standard InChI is InChI=1S/C11H10N4OS/c1-2-5-12-10(16)13-7-3-4-8-9(6-7)15-11(17)14-8/h1,3-4,6H,5H2,(H2,12,13,16)(H2,14,15,17). The van der Waals surface area contributed by atoms with Crippen LogP contribution in [0.1, 0.15) is 0 Å². The average Bonchev–Trinajstić information content (AvgIpc) is 2.65. The highest BCUT2D eigenvalue weighted by molar-refractivity contribution is 7.71. The lowest BCUT2D eigenvalue weighted by Crippen LogP contribution is -2.28. The highest BCUT2D eigenvalue weighted by atomic mass is 32.1. The Bertz CT molecular complexity index is 649. The monoisotopic (exact) mass is 246 g/mol. The summed E-state index contributed by atoms with van der Waals surface area (Å²) in [4.78, 5) is 17.3. The predicted octanol–water partition coefficient (Wildman–Crippen LogP) is 1.98. The maximum atomic E-state index is 11.4. The van der Waals surface area contributed by atoms with Gasteiger partial charge >= 0.3 is 6.03 Å². The molecule has 0 atom stereocenters. The minimum Gasteiger partial charge on any atom is -0.331 e. The number of fused-ring (bicyclic) bond motifs is 1. The van der Waals surface area contributed by atoms with Crippen LogP contribution in [0.2, 0.25) is 0 Å². The molecule has 2 rings (SSSR count). The molecular formula is C11H10N4OS. The maximum absolute atomic E-state index is 11.4. The Labute approximate surface area is 103 Å². The molecule has 0 aliphatic carbocycles. The zero-order valence-electron chi connectivity index (χ0n) is 8.83. The van der Waals surface area contributed by atoms with Crippen molar-refractivity contribution in [2.24, 2.45) is 0 Å². The van der Waals surface area contributed by atoms with Crippen LogP contribution in [-0.2, 0) is 0 Å². The smallest absolute Gasteiger partial charge is 0.319 e. The third-order valence-electron chi connectivity index (χ3n) is 2.12. The number of hydrogen-bond donors (Lipinski definition) is 4. The minimum atomic E-state index is -0.337. The third kappa shape index (κ3) is 2.65. The summed E-state index contributed by atoms with van der Waals surface area (Å²) in [5.74, 6) is 2.32. The first-order chi connectivity index (χ1) is 8.19. The van der Waals surface area contributed by atoms with Crippen molar-refractivity contribution in [2.45, 2.75) is 0 Å². The van der Waals surface area contributed by atoms with Gasteiger partial charge in [-0.25, -0.2) is 4.79 Å². The van der Waals surface area contributed by atoms with Crippen molar-refractivity contribution in [3.63, 3.8) is 0 Å². The number of carbonyl (C=O) groups is 1. The summed E-state index contributed by atoms with van der Waals surface area (Å²) in [5, 5.41) is 5.17. The molecule has 0 unspecified atom stereocenters. The topological polar surface area (TPSA) is 72.7 Å². The molecule has 0 spiro atoms. The van der Waals surface area contributed by atoms with Gasteiger partial charge in [0.05, 0.1) is 17.6 Å². The largest absolute Gasteiger partial charge is 0.331 e. The number of imidazole rings is 1. The zero-order valence-corrected chi connectivity index (χ0v) is 9.65. The molecule has 17 heavy (non-hydrogen) atoms. The number of amides is 2. The molecule has 0 saturated carbocycles. The Balaban J connectivity index is 2.16. The molecule has 0 aliphatic heterocycles. The van der Waals surface area contributed by atoms with E-state index in [-0.39, 0.29) is 12.6 Å². The van der Waals surface area contributed by atoms with Crippen molar-refractivity contribution >= 4 is 35.0 Å². The van der Waals surface area contributed by atoms with Gasteiger partial charge in [0.25, 0.3) is 0 Å². The number of terminal acetylenes is 1. The zero-order chi connectivity index (χ0) is 12.3. The highest BCUT2D eigenvalue weighted by Gasteiger charge is 2.02. The van der Waals surface area contributed by atoms with E-state index in [1.165, 1.54) is 0 Å².